The van der Waals surface area contributed by atoms with Crippen molar-refractivity contribution in [2.24, 2.45) is 7.05 Å². The predicted octanol–water partition coefficient (Wildman–Crippen LogP) is 1.60. The zero-order chi connectivity index (χ0) is 17.2. The fourth-order valence-corrected chi connectivity index (χ4v) is 3.02. The Kier molecular flexibility index (Phi) is 4.19. The summed E-state index contributed by atoms with van der Waals surface area (Å²) in [6, 6.07) is 4.16. The molecule has 0 aliphatic carbocycles. The molecule has 1 fully saturated rings. The van der Waals surface area contributed by atoms with Crippen molar-refractivity contribution >= 4 is 22.7 Å². The Hall–Kier alpha value is -2.74. The average Bonchev–Trinajstić information content (AvgIpc) is 3.02. The van der Waals surface area contributed by atoms with Crippen molar-refractivity contribution in [3.05, 3.63) is 36.4 Å². The van der Waals surface area contributed by atoms with E-state index in [0.29, 0.717) is 6.54 Å². The molecule has 130 valence electrons. The molecule has 0 bridgehead atoms. The Bertz CT molecular complexity index is 861. The number of nitrogens with zero attached hydrogens (tertiary/aromatic N) is 6. The fourth-order valence-electron chi connectivity index (χ4n) is 3.02. The average molecular weight is 339 g/mol. The number of nitrogens with one attached hydrogen (secondary N) is 1. The van der Waals surface area contributed by atoms with Crippen molar-refractivity contribution in [2.45, 2.75) is 19.6 Å². The van der Waals surface area contributed by atoms with Crippen LogP contribution >= 0.6 is 0 Å². The molecule has 3 aromatic rings. The number of fused-ring (bicyclic) bond motifs is 1. The van der Waals surface area contributed by atoms with E-state index in [9.17, 15) is 0 Å². The number of pyridine rings is 1. The molecular formula is C17H21N7O. The number of anilines is 2. The molecule has 1 aliphatic heterocycles. The second-order valence-corrected chi connectivity index (χ2v) is 6.23. The molecule has 0 amide bonds. The van der Waals surface area contributed by atoms with Gasteiger partial charge in [0, 0.05) is 32.9 Å². The van der Waals surface area contributed by atoms with E-state index in [2.05, 4.69) is 49.3 Å². The molecule has 1 saturated heterocycles. The molecule has 8 nitrogen and oxygen atoms in total. The third kappa shape index (κ3) is 3.25. The van der Waals surface area contributed by atoms with E-state index >= 15 is 0 Å². The van der Waals surface area contributed by atoms with E-state index in [1.165, 1.54) is 0 Å². The highest BCUT2D eigenvalue weighted by atomic mass is 16.5. The molecule has 1 N–H and O–H groups in total. The van der Waals surface area contributed by atoms with Crippen molar-refractivity contribution in [1.29, 1.82) is 0 Å². The fraction of sp³-hybridized carbons (Fsp3) is 0.412. The minimum atomic E-state index is 0.247. The second-order valence-electron chi connectivity index (χ2n) is 6.23. The minimum Gasteiger partial charge on any atom is -0.375 e. The highest BCUT2D eigenvalue weighted by Crippen LogP contribution is 2.19. The quantitative estimate of drug-likeness (QED) is 0.773. The molecule has 1 aliphatic rings. The van der Waals surface area contributed by atoms with Crippen molar-refractivity contribution in [2.75, 3.05) is 29.9 Å². The van der Waals surface area contributed by atoms with Crippen LogP contribution in [0.5, 0.6) is 0 Å². The lowest BCUT2D eigenvalue weighted by Crippen LogP contribution is -2.41. The number of ether oxygens (including phenoxy) is 1. The Morgan fingerprint density at radius 3 is 2.96 bits per heavy atom. The van der Waals surface area contributed by atoms with E-state index in [-0.39, 0.29) is 6.10 Å². The SMILES string of the molecule is C[C@H]1CN(c2ccc(CNc3ncnc4c3cnn4C)cn2)CCO1. The molecule has 0 unspecified atom stereocenters. The lowest BCUT2D eigenvalue weighted by atomic mass is 10.2. The number of morpholine rings is 1. The Morgan fingerprint density at radius 2 is 2.16 bits per heavy atom. The summed E-state index contributed by atoms with van der Waals surface area (Å²) in [4.78, 5) is 15.4. The summed E-state index contributed by atoms with van der Waals surface area (Å²) in [5.41, 5.74) is 1.91. The number of aryl methyl sites for hydroxylation is 1. The number of rotatable bonds is 4. The van der Waals surface area contributed by atoms with Gasteiger partial charge in [-0.2, -0.15) is 5.10 Å². The predicted molar refractivity (Wildman–Crippen MR) is 95.5 cm³/mol. The smallest absolute Gasteiger partial charge is 0.163 e. The van der Waals surface area contributed by atoms with Crippen LogP contribution in [-0.4, -0.2) is 50.5 Å². The van der Waals surface area contributed by atoms with E-state index in [1.807, 2.05) is 13.2 Å². The minimum absolute atomic E-state index is 0.247. The molecule has 25 heavy (non-hydrogen) atoms. The topological polar surface area (TPSA) is 81.0 Å². The van der Waals surface area contributed by atoms with Gasteiger partial charge in [0.1, 0.15) is 18.0 Å². The lowest BCUT2D eigenvalue weighted by molar-refractivity contribution is 0.0529. The van der Waals surface area contributed by atoms with Crippen LogP contribution in [0, 0.1) is 0 Å². The van der Waals surface area contributed by atoms with Crippen LogP contribution < -0.4 is 10.2 Å². The van der Waals surface area contributed by atoms with Crippen LogP contribution in [-0.2, 0) is 18.3 Å². The van der Waals surface area contributed by atoms with Crippen molar-refractivity contribution in [3.8, 4) is 0 Å². The van der Waals surface area contributed by atoms with Crippen LogP contribution in [0.3, 0.4) is 0 Å². The van der Waals surface area contributed by atoms with E-state index in [4.69, 9.17) is 4.74 Å². The third-order valence-corrected chi connectivity index (χ3v) is 4.36. The van der Waals surface area contributed by atoms with Gasteiger partial charge in [-0.15, -0.1) is 0 Å². The van der Waals surface area contributed by atoms with Crippen LogP contribution in [0.1, 0.15) is 12.5 Å². The van der Waals surface area contributed by atoms with Gasteiger partial charge in [-0.25, -0.2) is 15.0 Å². The van der Waals surface area contributed by atoms with Crippen LogP contribution in [0.15, 0.2) is 30.9 Å². The van der Waals surface area contributed by atoms with Gasteiger partial charge in [0.25, 0.3) is 0 Å². The highest BCUT2D eigenvalue weighted by molar-refractivity contribution is 5.85. The summed E-state index contributed by atoms with van der Waals surface area (Å²) in [7, 11) is 1.87. The molecule has 4 rings (SSSR count). The lowest BCUT2D eigenvalue weighted by Gasteiger charge is -2.32. The van der Waals surface area contributed by atoms with Gasteiger partial charge in [0.15, 0.2) is 5.65 Å². The zero-order valence-corrected chi connectivity index (χ0v) is 14.4. The molecule has 8 heteroatoms. The summed E-state index contributed by atoms with van der Waals surface area (Å²) in [5, 5.41) is 8.49. The third-order valence-electron chi connectivity index (χ3n) is 4.36. The van der Waals surface area contributed by atoms with Crippen LogP contribution in [0.2, 0.25) is 0 Å². The summed E-state index contributed by atoms with van der Waals surface area (Å²) in [6.07, 6.45) is 5.48. The van der Waals surface area contributed by atoms with E-state index < -0.39 is 0 Å². The monoisotopic (exact) mass is 339 g/mol. The normalized spacial score (nSPS) is 17.8. The Balaban J connectivity index is 1.44. The van der Waals surface area contributed by atoms with Gasteiger partial charge < -0.3 is 15.0 Å². The van der Waals surface area contributed by atoms with Gasteiger partial charge in [-0.3, -0.25) is 4.68 Å². The van der Waals surface area contributed by atoms with Crippen molar-refractivity contribution in [1.82, 2.24) is 24.7 Å². The summed E-state index contributed by atoms with van der Waals surface area (Å²) in [5.74, 6) is 1.78. The first-order valence-electron chi connectivity index (χ1n) is 8.39. The maximum absolute atomic E-state index is 5.58. The van der Waals surface area contributed by atoms with Crippen LogP contribution in [0.4, 0.5) is 11.6 Å². The zero-order valence-electron chi connectivity index (χ0n) is 14.4. The molecule has 0 spiro atoms. The van der Waals surface area contributed by atoms with E-state index in [1.54, 1.807) is 17.2 Å². The molecule has 0 saturated carbocycles. The number of hydrogen-bond donors (Lipinski definition) is 1. The Morgan fingerprint density at radius 1 is 1.24 bits per heavy atom. The van der Waals surface area contributed by atoms with Gasteiger partial charge in [0.05, 0.1) is 24.3 Å². The molecule has 0 aromatic carbocycles. The Labute approximate surface area is 145 Å². The van der Waals surface area contributed by atoms with Gasteiger partial charge in [-0.05, 0) is 18.6 Å². The standard InChI is InChI=1S/C17H21N7O/c1-12-10-24(5-6-25-12)15-4-3-13(7-18-15)8-19-16-14-9-22-23(2)17(14)21-11-20-16/h3-4,7,9,11-12H,5-6,8,10H2,1-2H3,(H,19,20,21)/t12-/m0/s1. The molecule has 0 radical (unpaired) electrons. The second kappa shape index (κ2) is 6.64. The van der Waals surface area contributed by atoms with Crippen molar-refractivity contribution in [3.63, 3.8) is 0 Å². The molecular weight excluding hydrogens is 318 g/mol. The highest BCUT2D eigenvalue weighted by Gasteiger charge is 2.17. The van der Waals surface area contributed by atoms with E-state index in [0.717, 1.165) is 47.9 Å². The van der Waals surface area contributed by atoms with Crippen molar-refractivity contribution < 1.29 is 4.74 Å². The molecule has 4 heterocycles. The van der Waals surface area contributed by atoms with Gasteiger partial charge in [-0.1, -0.05) is 6.07 Å². The number of aromatic nitrogens is 5. The molecule has 3 aromatic heterocycles. The van der Waals surface area contributed by atoms with Crippen LogP contribution in [0.25, 0.3) is 11.0 Å². The number of hydrogen-bond acceptors (Lipinski definition) is 7. The summed E-state index contributed by atoms with van der Waals surface area (Å²) in [6.45, 7) is 5.25. The first-order valence-corrected chi connectivity index (χ1v) is 8.39. The van der Waals surface area contributed by atoms with Gasteiger partial charge in [0.2, 0.25) is 0 Å². The summed E-state index contributed by atoms with van der Waals surface area (Å²) < 4.78 is 7.32. The first kappa shape index (κ1) is 15.8. The summed E-state index contributed by atoms with van der Waals surface area (Å²) >= 11 is 0. The largest absolute Gasteiger partial charge is 0.375 e. The molecule has 1 atom stereocenters. The van der Waals surface area contributed by atoms with Gasteiger partial charge >= 0.3 is 0 Å². The maximum Gasteiger partial charge on any atom is 0.163 e. The maximum atomic E-state index is 5.58. The first-order chi connectivity index (χ1) is 12.2.